The Kier molecular flexibility index (Phi) is 4.85. The summed E-state index contributed by atoms with van der Waals surface area (Å²) >= 11 is 0. The second-order valence-electron chi connectivity index (χ2n) is 8.52. The molecule has 0 aliphatic carbocycles. The lowest BCUT2D eigenvalue weighted by Crippen LogP contribution is -2.61. The topological polar surface area (TPSA) is 109 Å². The summed E-state index contributed by atoms with van der Waals surface area (Å²) in [6.45, 7) is 0. The van der Waals surface area contributed by atoms with Crippen molar-refractivity contribution in [2.24, 2.45) is 0 Å². The van der Waals surface area contributed by atoms with E-state index in [2.05, 4.69) is 30.7 Å². The van der Waals surface area contributed by atoms with Crippen LogP contribution in [0.2, 0.25) is 0 Å². The molecular formula is C23H26FN7O2. The number of phenolic OH excluding ortho intramolecular Hbond substituents is 1. The van der Waals surface area contributed by atoms with E-state index in [9.17, 15) is 5.11 Å². The molecule has 2 aliphatic rings. The molecule has 2 bridgehead atoms. The lowest BCUT2D eigenvalue weighted by molar-refractivity contribution is 0.107. The fourth-order valence-corrected chi connectivity index (χ4v) is 4.73. The van der Waals surface area contributed by atoms with Crippen molar-refractivity contribution in [3.8, 4) is 34.1 Å². The van der Waals surface area contributed by atoms with Gasteiger partial charge in [-0.05, 0) is 37.0 Å². The Hall–Kier alpha value is -3.40. The maximum Gasteiger partial charge on any atom is 0.233 e. The summed E-state index contributed by atoms with van der Waals surface area (Å²) in [5.41, 5.74) is 1.44. The van der Waals surface area contributed by atoms with Crippen LogP contribution in [0.4, 0.5) is 10.2 Å². The number of aromatic hydroxyl groups is 1. The van der Waals surface area contributed by atoms with E-state index in [0.29, 0.717) is 35.0 Å². The van der Waals surface area contributed by atoms with Crippen molar-refractivity contribution >= 4 is 5.82 Å². The maximum atomic E-state index is 15.1. The number of phenols is 1. The van der Waals surface area contributed by atoms with Crippen molar-refractivity contribution < 1.29 is 18.3 Å². The van der Waals surface area contributed by atoms with Crippen LogP contribution in [-0.2, 0) is 0 Å². The molecular weight excluding hydrogens is 425 g/mol. The molecule has 172 valence electrons. The summed E-state index contributed by atoms with van der Waals surface area (Å²) in [5, 5.41) is 29.9. The number of benzene rings is 1. The Labute approximate surface area is 195 Å². The molecule has 2 fully saturated rings. The Morgan fingerprint density at radius 1 is 1.18 bits per heavy atom. The highest BCUT2D eigenvalue weighted by molar-refractivity contribution is 5.72. The predicted molar refractivity (Wildman–Crippen MR) is 121 cm³/mol. The molecule has 4 atom stereocenters. The van der Waals surface area contributed by atoms with Crippen LogP contribution in [0.1, 0.15) is 29.8 Å². The number of halogens is 1. The van der Waals surface area contributed by atoms with Gasteiger partial charge in [-0.1, -0.05) is 12.5 Å². The molecule has 0 saturated carbocycles. The average molecular weight is 455 g/mol. The van der Waals surface area contributed by atoms with Crippen LogP contribution in [0.25, 0.3) is 22.5 Å². The number of piperidine rings is 2. The lowest BCUT2D eigenvalue weighted by atomic mass is 9.82. The molecule has 2 aromatic heterocycles. The molecule has 2 saturated heterocycles. The zero-order chi connectivity index (χ0) is 25.4. The minimum atomic E-state index is -2.65. The summed E-state index contributed by atoms with van der Waals surface area (Å²) in [7, 11) is -0.843. The van der Waals surface area contributed by atoms with Crippen molar-refractivity contribution in [3.05, 3.63) is 36.7 Å². The number of rotatable bonds is 5. The highest BCUT2D eigenvalue weighted by Crippen LogP contribution is 2.34. The van der Waals surface area contributed by atoms with Gasteiger partial charge in [0, 0.05) is 30.8 Å². The number of hydrogen-bond donors (Lipinski definition) is 2. The van der Waals surface area contributed by atoms with Gasteiger partial charge < -0.3 is 20.1 Å². The van der Waals surface area contributed by atoms with E-state index >= 15 is 4.39 Å². The van der Waals surface area contributed by atoms with Crippen molar-refractivity contribution in [2.75, 3.05) is 19.0 Å². The van der Waals surface area contributed by atoms with Crippen molar-refractivity contribution in [1.82, 2.24) is 30.7 Å². The molecule has 0 radical (unpaired) electrons. The van der Waals surface area contributed by atoms with Crippen molar-refractivity contribution in [2.45, 2.75) is 50.0 Å². The third kappa shape index (κ3) is 4.18. The van der Waals surface area contributed by atoms with Gasteiger partial charge in [-0.2, -0.15) is 5.10 Å². The zero-order valence-electron chi connectivity index (χ0n) is 21.0. The molecule has 2 N–H and O–H groups in total. The standard InChI is InChI=1S/C23H26FN7O2/c1-31(18-10-15-4-3-5-17(27-15)22(18)24)20-12-25-23(30-28-20)16-7-6-13(8-19(16)32)14-9-21(33-2)29-26-11-14/h6-9,11-12,15,17-18,22,27,32H,3-5,10H2,1-2H3/t15-,17-,18-,22+/m0/s1/i2D3. The number of nitrogens with one attached hydrogen (secondary N) is 1. The van der Waals surface area contributed by atoms with Gasteiger partial charge in [0.15, 0.2) is 11.6 Å². The smallest absolute Gasteiger partial charge is 0.233 e. The van der Waals surface area contributed by atoms with Crippen LogP contribution in [0, 0.1) is 0 Å². The molecule has 0 spiro atoms. The molecule has 4 heterocycles. The minimum absolute atomic E-state index is 0.0968. The van der Waals surface area contributed by atoms with Crippen LogP contribution >= 0.6 is 0 Å². The summed E-state index contributed by atoms with van der Waals surface area (Å²) in [5.74, 6) is 0.429. The van der Waals surface area contributed by atoms with Gasteiger partial charge in [0.25, 0.3) is 0 Å². The first kappa shape index (κ1) is 18.1. The number of aromatic nitrogens is 5. The summed E-state index contributed by atoms with van der Waals surface area (Å²) in [4.78, 5) is 6.17. The quantitative estimate of drug-likeness (QED) is 0.601. The molecule has 10 heteroatoms. The number of ether oxygens (including phenoxy) is 1. The highest BCUT2D eigenvalue weighted by Gasteiger charge is 2.42. The van der Waals surface area contributed by atoms with Crippen LogP contribution < -0.4 is 15.0 Å². The van der Waals surface area contributed by atoms with Gasteiger partial charge in [-0.15, -0.1) is 15.3 Å². The van der Waals surface area contributed by atoms with Gasteiger partial charge in [-0.3, -0.25) is 0 Å². The molecule has 5 rings (SSSR count). The summed E-state index contributed by atoms with van der Waals surface area (Å²) in [6, 6.07) is 6.11. The van der Waals surface area contributed by atoms with Crippen molar-refractivity contribution in [1.29, 1.82) is 0 Å². The second-order valence-corrected chi connectivity index (χ2v) is 8.52. The molecule has 3 aromatic rings. The van der Waals surface area contributed by atoms with E-state index < -0.39 is 13.2 Å². The fourth-order valence-electron chi connectivity index (χ4n) is 4.73. The van der Waals surface area contributed by atoms with E-state index in [1.54, 1.807) is 17.0 Å². The van der Waals surface area contributed by atoms with Gasteiger partial charge in [-0.25, -0.2) is 9.37 Å². The predicted octanol–water partition coefficient (Wildman–Crippen LogP) is 2.77. The Bertz CT molecular complexity index is 1230. The highest BCUT2D eigenvalue weighted by atomic mass is 19.1. The van der Waals surface area contributed by atoms with E-state index in [-0.39, 0.29) is 29.5 Å². The Balaban J connectivity index is 1.33. The maximum absolute atomic E-state index is 15.1. The number of fused-ring (bicyclic) bond motifs is 2. The normalized spacial score (nSPS) is 26.1. The molecule has 33 heavy (non-hydrogen) atoms. The van der Waals surface area contributed by atoms with Crippen LogP contribution in [-0.4, -0.2) is 68.9 Å². The monoisotopic (exact) mass is 454 g/mol. The number of hydrogen-bond acceptors (Lipinski definition) is 9. The zero-order valence-corrected chi connectivity index (χ0v) is 18.0. The van der Waals surface area contributed by atoms with E-state index in [4.69, 9.17) is 8.85 Å². The first-order chi connectivity index (χ1) is 17.2. The largest absolute Gasteiger partial charge is 0.507 e. The third-order valence-corrected chi connectivity index (χ3v) is 6.51. The van der Waals surface area contributed by atoms with Gasteiger partial charge in [0.1, 0.15) is 11.9 Å². The molecule has 9 nitrogen and oxygen atoms in total. The first-order valence-electron chi connectivity index (χ1n) is 12.4. The Morgan fingerprint density at radius 2 is 2.09 bits per heavy atom. The number of nitrogens with zero attached hydrogens (tertiary/aromatic N) is 6. The van der Waals surface area contributed by atoms with Gasteiger partial charge in [0.2, 0.25) is 5.88 Å². The SMILES string of the molecule is [2H]C([2H])([2H])Oc1cc(-c2ccc(-c3ncc(N(C)[C@H]4C[C@@H]5CCC[C@H](N5)[C@H]4F)nn3)c(O)c2)cnn1. The number of alkyl halides is 1. The van der Waals surface area contributed by atoms with Crippen molar-refractivity contribution in [3.63, 3.8) is 0 Å². The summed E-state index contributed by atoms with van der Waals surface area (Å²) in [6.07, 6.45) is 5.59. The average Bonchev–Trinajstić information content (AvgIpc) is 2.85. The number of anilines is 1. The second kappa shape index (κ2) is 8.86. The first-order valence-corrected chi connectivity index (χ1v) is 10.9. The van der Waals surface area contributed by atoms with Crippen LogP contribution in [0.3, 0.4) is 0 Å². The fraction of sp³-hybridized carbons (Fsp3) is 0.435. The minimum Gasteiger partial charge on any atom is -0.507 e. The lowest BCUT2D eigenvalue weighted by Gasteiger charge is -2.45. The number of methoxy groups -OCH3 is 1. The summed E-state index contributed by atoms with van der Waals surface area (Å²) < 4.78 is 41.5. The molecule has 0 unspecified atom stereocenters. The van der Waals surface area contributed by atoms with Crippen LogP contribution in [0.15, 0.2) is 36.7 Å². The third-order valence-electron chi connectivity index (χ3n) is 6.51. The van der Waals surface area contributed by atoms with Gasteiger partial charge in [0.05, 0.1) is 35.1 Å². The van der Waals surface area contributed by atoms with E-state index in [1.807, 2.05) is 7.05 Å². The molecule has 2 aliphatic heterocycles. The van der Waals surface area contributed by atoms with Gasteiger partial charge >= 0.3 is 0 Å². The Morgan fingerprint density at radius 3 is 2.88 bits per heavy atom. The molecule has 0 amide bonds. The molecule has 1 aromatic carbocycles. The van der Waals surface area contributed by atoms with Crippen LogP contribution in [0.5, 0.6) is 11.6 Å². The van der Waals surface area contributed by atoms with E-state index in [0.717, 1.165) is 19.3 Å². The van der Waals surface area contributed by atoms with E-state index in [1.165, 1.54) is 24.5 Å².